The molecule has 2 aromatic rings. The molecular weight excluding hydrogens is 320 g/mol. The second-order valence-electron chi connectivity index (χ2n) is 6.76. The Morgan fingerprint density at radius 1 is 1.28 bits per heavy atom. The number of hydrogen-bond acceptors (Lipinski definition) is 4. The lowest BCUT2D eigenvalue weighted by Gasteiger charge is -2.22. The molecule has 3 rings (SSSR count). The van der Waals surface area contributed by atoms with Gasteiger partial charge < -0.3 is 10.0 Å². The van der Waals surface area contributed by atoms with Crippen LogP contribution in [0.25, 0.3) is 0 Å². The quantitative estimate of drug-likeness (QED) is 0.834. The Morgan fingerprint density at radius 3 is 2.48 bits per heavy atom. The number of carboxylic acid groups (broad SMARTS) is 1. The van der Waals surface area contributed by atoms with Crippen LogP contribution in [0.15, 0.2) is 30.5 Å². The summed E-state index contributed by atoms with van der Waals surface area (Å²) in [6.07, 6.45) is 3.30. The van der Waals surface area contributed by atoms with Crippen LogP contribution >= 0.6 is 0 Å². The van der Waals surface area contributed by atoms with Gasteiger partial charge in [0.1, 0.15) is 6.54 Å². The summed E-state index contributed by atoms with van der Waals surface area (Å²) in [7, 11) is 0. The lowest BCUT2D eigenvalue weighted by Crippen LogP contribution is -2.35. The molecule has 1 aromatic heterocycles. The predicted octanol–water partition coefficient (Wildman–Crippen LogP) is 2.29. The zero-order valence-corrected chi connectivity index (χ0v) is 14.4. The Bertz CT molecular complexity index is 763. The highest BCUT2D eigenvalue weighted by Crippen LogP contribution is 2.29. The Labute approximate surface area is 146 Å². The van der Waals surface area contributed by atoms with Crippen molar-refractivity contribution in [2.45, 2.75) is 51.7 Å². The first-order chi connectivity index (χ1) is 11.9. The molecule has 1 fully saturated rings. The minimum Gasteiger partial charge on any atom is -0.476 e. The standard InChI is InChI=1S/C18H22N4O3/c1-12(2)14-5-3-13(4-6-14)9-22(15-7-8-15)17(23)11-21-10-16(18(24)25)19-20-21/h3-6,10,12,15H,7-9,11H2,1-2H3,(H,24,25). The van der Waals surface area contributed by atoms with E-state index in [1.807, 2.05) is 4.90 Å². The monoisotopic (exact) mass is 342 g/mol. The van der Waals surface area contributed by atoms with Gasteiger partial charge in [-0.15, -0.1) is 5.10 Å². The molecule has 7 heteroatoms. The predicted molar refractivity (Wildman–Crippen MR) is 91.1 cm³/mol. The van der Waals surface area contributed by atoms with Gasteiger partial charge in [0.2, 0.25) is 5.91 Å². The van der Waals surface area contributed by atoms with Crippen molar-refractivity contribution >= 4 is 11.9 Å². The van der Waals surface area contributed by atoms with Crippen LogP contribution in [0.1, 0.15) is 54.2 Å². The molecule has 132 valence electrons. The molecule has 0 aliphatic heterocycles. The van der Waals surface area contributed by atoms with Crippen LogP contribution in [0.3, 0.4) is 0 Å². The minimum absolute atomic E-state index is 0.000851. The van der Waals surface area contributed by atoms with Crippen LogP contribution in [-0.4, -0.2) is 42.9 Å². The number of carbonyl (C=O) groups excluding carboxylic acids is 1. The Balaban J connectivity index is 1.67. The van der Waals surface area contributed by atoms with Crippen molar-refractivity contribution in [1.82, 2.24) is 19.9 Å². The van der Waals surface area contributed by atoms with Gasteiger partial charge in [-0.3, -0.25) is 4.79 Å². The van der Waals surface area contributed by atoms with Gasteiger partial charge >= 0.3 is 5.97 Å². The number of nitrogens with zero attached hydrogens (tertiary/aromatic N) is 4. The zero-order chi connectivity index (χ0) is 18.0. The molecular formula is C18H22N4O3. The molecule has 0 radical (unpaired) electrons. The van der Waals surface area contributed by atoms with Gasteiger partial charge in [-0.2, -0.15) is 0 Å². The van der Waals surface area contributed by atoms with E-state index >= 15 is 0 Å². The van der Waals surface area contributed by atoms with Crippen LogP contribution in [0.5, 0.6) is 0 Å². The van der Waals surface area contributed by atoms with Gasteiger partial charge in [0, 0.05) is 12.6 Å². The molecule has 0 saturated heterocycles. The first-order valence-corrected chi connectivity index (χ1v) is 8.45. The smallest absolute Gasteiger partial charge is 0.358 e. The van der Waals surface area contributed by atoms with Crippen molar-refractivity contribution in [3.63, 3.8) is 0 Å². The van der Waals surface area contributed by atoms with E-state index in [4.69, 9.17) is 5.11 Å². The highest BCUT2D eigenvalue weighted by atomic mass is 16.4. The van der Waals surface area contributed by atoms with Crippen molar-refractivity contribution in [2.24, 2.45) is 0 Å². The van der Waals surface area contributed by atoms with Gasteiger partial charge in [0.25, 0.3) is 0 Å². The summed E-state index contributed by atoms with van der Waals surface area (Å²) in [5.41, 5.74) is 2.21. The Hall–Kier alpha value is -2.70. The van der Waals surface area contributed by atoms with Gasteiger partial charge in [-0.1, -0.05) is 43.3 Å². The Kier molecular flexibility index (Phi) is 4.83. The van der Waals surface area contributed by atoms with Crippen LogP contribution in [0.4, 0.5) is 0 Å². The average molecular weight is 342 g/mol. The highest BCUT2D eigenvalue weighted by molar-refractivity contribution is 5.84. The fourth-order valence-corrected chi connectivity index (χ4v) is 2.71. The first kappa shape index (κ1) is 17.1. The molecule has 1 N–H and O–H groups in total. The maximum atomic E-state index is 12.6. The van der Waals surface area contributed by atoms with E-state index in [9.17, 15) is 9.59 Å². The topological polar surface area (TPSA) is 88.3 Å². The SMILES string of the molecule is CC(C)c1ccc(CN(C(=O)Cn2cc(C(=O)O)nn2)C2CC2)cc1. The van der Waals surface area contributed by atoms with Crippen molar-refractivity contribution in [2.75, 3.05) is 0 Å². The highest BCUT2D eigenvalue weighted by Gasteiger charge is 2.32. The van der Waals surface area contributed by atoms with Crippen molar-refractivity contribution in [3.05, 3.63) is 47.3 Å². The third-order valence-electron chi connectivity index (χ3n) is 4.36. The summed E-state index contributed by atoms with van der Waals surface area (Å²) in [4.78, 5) is 25.4. The third kappa shape index (κ3) is 4.23. The molecule has 1 aliphatic carbocycles. The van der Waals surface area contributed by atoms with Crippen LogP contribution in [0, 0.1) is 0 Å². The normalized spacial score (nSPS) is 13.9. The molecule has 25 heavy (non-hydrogen) atoms. The van der Waals surface area contributed by atoms with Crippen molar-refractivity contribution in [3.8, 4) is 0 Å². The lowest BCUT2D eigenvalue weighted by atomic mass is 10.0. The molecule has 7 nitrogen and oxygen atoms in total. The maximum Gasteiger partial charge on any atom is 0.358 e. The summed E-state index contributed by atoms with van der Waals surface area (Å²) < 4.78 is 1.28. The maximum absolute atomic E-state index is 12.6. The van der Waals surface area contributed by atoms with Crippen LogP contribution < -0.4 is 0 Å². The second-order valence-corrected chi connectivity index (χ2v) is 6.76. The Morgan fingerprint density at radius 2 is 1.96 bits per heavy atom. The fraction of sp³-hybridized carbons (Fsp3) is 0.444. The number of benzene rings is 1. The van der Waals surface area contributed by atoms with E-state index in [0.717, 1.165) is 18.4 Å². The number of amides is 1. The number of rotatable bonds is 7. The summed E-state index contributed by atoms with van der Waals surface area (Å²) in [6, 6.07) is 8.60. The molecule has 1 aromatic carbocycles. The summed E-state index contributed by atoms with van der Waals surface area (Å²) in [5.74, 6) is -0.744. The van der Waals surface area contributed by atoms with E-state index < -0.39 is 5.97 Å². The first-order valence-electron chi connectivity index (χ1n) is 8.45. The van der Waals surface area contributed by atoms with E-state index in [0.29, 0.717) is 12.5 Å². The molecule has 1 heterocycles. The van der Waals surface area contributed by atoms with Crippen LogP contribution in [-0.2, 0) is 17.9 Å². The van der Waals surface area contributed by atoms with Gasteiger partial charge in [-0.05, 0) is 29.9 Å². The van der Waals surface area contributed by atoms with Gasteiger partial charge in [0.05, 0.1) is 6.20 Å². The van der Waals surface area contributed by atoms with E-state index in [2.05, 4.69) is 48.4 Å². The molecule has 0 atom stereocenters. The zero-order valence-electron chi connectivity index (χ0n) is 14.4. The number of aromatic nitrogens is 3. The van der Waals surface area contributed by atoms with E-state index in [1.54, 1.807) is 0 Å². The third-order valence-corrected chi connectivity index (χ3v) is 4.36. The molecule has 1 amide bonds. The number of aromatic carboxylic acids is 1. The summed E-state index contributed by atoms with van der Waals surface area (Å²) in [6.45, 7) is 4.86. The lowest BCUT2D eigenvalue weighted by molar-refractivity contribution is -0.133. The number of hydrogen-bond donors (Lipinski definition) is 1. The molecule has 0 bridgehead atoms. The largest absolute Gasteiger partial charge is 0.476 e. The van der Waals surface area contributed by atoms with Gasteiger partial charge in [-0.25, -0.2) is 9.48 Å². The van der Waals surface area contributed by atoms with Crippen molar-refractivity contribution in [1.29, 1.82) is 0 Å². The number of carbonyl (C=O) groups is 2. The number of carboxylic acids is 1. The van der Waals surface area contributed by atoms with Gasteiger partial charge in [0.15, 0.2) is 5.69 Å². The van der Waals surface area contributed by atoms with Crippen LogP contribution in [0.2, 0.25) is 0 Å². The molecule has 0 unspecified atom stereocenters. The van der Waals surface area contributed by atoms with E-state index in [-0.39, 0.29) is 24.2 Å². The fourth-order valence-electron chi connectivity index (χ4n) is 2.71. The molecule has 0 spiro atoms. The average Bonchev–Trinajstić information content (AvgIpc) is 3.31. The molecule has 1 saturated carbocycles. The minimum atomic E-state index is -1.15. The second kappa shape index (κ2) is 7.04. The summed E-state index contributed by atoms with van der Waals surface area (Å²) in [5, 5.41) is 16.1. The summed E-state index contributed by atoms with van der Waals surface area (Å²) >= 11 is 0. The van der Waals surface area contributed by atoms with Crippen molar-refractivity contribution < 1.29 is 14.7 Å². The molecule has 1 aliphatic rings. The van der Waals surface area contributed by atoms with E-state index in [1.165, 1.54) is 16.4 Å².